The third-order valence-corrected chi connectivity index (χ3v) is 8.50. The number of benzene rings is 1. The topological polar surface area (TPSA) is 117 Å². The van der Waals surface area contributed by atoms with E-state index in [9.17, 15) is 18.0 Å². The first-order valence-electron chi connectivity index (χ1n) is 10.6. The maximum atomic E-state index is 13.4. The van der Waals surface area contributed by atoms with E-state index in [-0.39, 0.29) is 16.3 Å². The third kappa shape index (κ3) is 3.36. The summed E-state index contributed by atoms with van der Waals surface area (Å²) in [5.41, 5.74) is -0.867. The first-order valence-corrected chi connectivity index (χ1v) is 12.1. The summed E-state index contributed by atoms with van der Waals surface area (Å²) in [5.74, 6) is 0.390. The monoisotopic (exact) mass is 443 g/mol. The Hall–Kier alpha value is -2.64. The molecule has 164 valence electrons. The van der Waals surface area contributed by atoms with Crippen LogP contribution in [0.3, 0.4) is 0 Å². The fourth-order valence-electron chi connectivity index (χ4n) is 4.26. The van der Waals surface area contributed by atoms with Gasteiger partial charge in [0, 0.05) is 12.1 Å². The van der Waals surface area contributed by atoms with E-state index in [0.717, 1.165) is 25.7 Å². The van der Waals surface area contributed by atoms with Crippen molar-refractivity contribution in [2.45, 2.75) is 68.6 Å². The van der Waals surface area contributed by atoms with Gasteiger partial charge in [-0.15, -0.1) is 0 Å². The second kappa shape index (κ2) is 6.68. The van der Waals surface area contributed by atoms with Gasteiger partial charge in [-0.2, -0.15) is 5.26 Å². The first kappa shape index (κ1) is 20.3. The quantitative estimate of drug-likeness (QED) is 0.669. The lowest BCUT2D eigenvalue weighted by Crippen LogP contribution is -2.58. The Bertz CT molecular complexity index is 1340. The first-order chi connectivity index (χ1) is 14.6. The Morgan fingerprint density at radius 2 is 1.97 bits per heavy atom. The molecule has 0 amide bonds. The van der Waals surface area contributed by atoms with Crippen LogP contribution < -0.4 is 16.0 Å². The van der Waals surface area contributed by atoms with Crippen LogP contribution >= 0.6 is 0 Å². The van der Waals surface area contributed by atoms with E-state index in [4.69, 9.17) is 5.26 Å². The minimum Gasteiger partial charge on any atom is -0.304 e. The zero-order valence-corrected chi connectivity index (χ0v) is 18.4. The molecule has 3 fully saturated rings. The van der Waals surface area contributed by atoms with Gasteiger partial charge in [-0.1, -0.05) is 0 Å². The molecule has 0 bridgehead atoms. The summed E-state index contributed by atoms with van der Waals surface area (Å²) in [7, 11) is -3.78. The summed E-state index contributed by atoms with van der Waals surface area (Å²) in [5, 5.41) is 9.38. The van der Waals surface area contributed by atoms with Gasteiger partial charge in [0.25, 0.3) is 5.56 Å². The highest BCUT2D eigenvalue weighted by molar-refractivity contribution is 7.89. The second-order valence-electron chi connectivity index (χ2n) is 9.42. The largest absolute Gasteiger partial charge is 0.331 e. The minimum atomic E-state index is -3.78. The number of hydrogen-bond donors (Lipinski definition) is 1. The molecule has 2 heterocycles. The zero-order chi connectivity index (χ0) is 22.1. The predicted octanol–water partition coefficient (Wildman–Crippen LogP) is 1.13. The summed E-state index contributed by atoms with van der Waals surface area (Å²) >= 11 is 0. The van der Waals surface area contributed by atoms with Crippen molar-refractivity contribution in [3.05, 3.63) is 39.0 Å². The molecular weight excluding hydrogens is 418 g/mol. The number of rotatable bonds is 6. The van der Waals surface area contributed by atoms with Crippen molar-refractivity contribution in [2.75, 3.05) is 6.54 Å². The number of aromatic nitrogens is 2. The SMILES string of the molecule is C[C@H]1[C@H](n2c(=O)c3cc(S(=O)(=O)NC4(C)CC4)ccc3n(CC3CC3)c2=O)CN1C#N. The van der Waals surface area contributed by atoms with Crippen molar-refractivity contribution in [1.82, 2.24) is 18.8 Å². The fourth-order valence-corrected chi connectivity index (χ4v) is 5.75. The number of fused-ring (bicyclic) bond motifs is 1. The summed E-state index contributed by atoms with van der Waals surface area (Å²) in [6, 6.07) is 3.73. The molecule has 2 saturated carbocycles. The van der Waals surface area contributed by atoms with Gasteiger partial charge in [-0.05, 0) is 63.6 Å². The molecule has 1 N–H and O–H groups in total. The Labute approximate surface area is 179 Å². The van der Waals surface area contributed by atoms with Gasteiger partial charge < -0.3 is 4.90 Å². The Kier molecular flexibility index (Phi) is 4.37. The average molecular weight is 444 g/mol. The van der Waals surface area contributed by atoms with Crippen LogP contribution in [0, 0.1) is 17.4 Å². The normalized spacial score (nSPS) is 24.6. The molecule has 3 aliphatic rings. The van der Waals surface area contributed by atoms with Gasteiger partial charge in [-0.25, -0.2) is 17.9 Å². The smallest absolute Gasteiger partial charge is 0.304 e. The van der Waals surface area contributed by atoms with E-state index in [1.165, 1.54) is 21.6 Å². The lowest BCUT2D eigenvalue weighted by Gasteiger charge is -2.43. The summed E-state index contributed by atoms with van der Waals surface area (Å²) in [6.45, 7) is 4.45. The molecule has 9 nitrogen and oxygen atoms in total. The molecule has 2 aromatic rings. The maximum absolute atomic E-state index is 13.4. The van der Waals surface area contributed by atoms with Crippen LogP contribution in [-0.2, 0) is 16.6 Å². The van der Waals surface area contributed by atoms with Crippen LogP contribution in [0.2, 0.25) is 0 Å². The molecule has 5 rings (SSSR count). The van der Waals surface area contributed by atoms with Crippen molar-refractivity contribution >= 4 is 20.9 Å². The van der Waals surface area contributed by atoms with Gasteiger partial charge in [0.1, 0.15) is 0 Å². The van der Waals surface area contributed by atoms with Crippen LogP contribution in [0.5, 0.6) is 0 Å². The summed E-state index contributed by atoms with van der Waals surface area (Å²) in [4.78, 5) is 28.2. The summed E-state index contributed by atoms with van der Waals surface area (Å²) < 4.78 is 31.3. The van der Waals surface area contributed by atoms with Crippen molar-refractivity contribution in [1.29, 1.82) is 5.26 Å². The molecule has 10 heteroatoms. The van der Waals surface area contributed by atoms with E-state index in [1.54, 1.807) is 17.6 Å². The van der Waals surface area contributed by atoms with Gasteiger partial charge in [0.15, 0.2) is 6.19 Å². The number of hydrogen-bond acceptors (Lipinski definition) is 6. The van der Waals surface area contributed by atoms with Gasteiger partial charge in [0.2, 0.25) is 10.0 Å². The number of sulfonamides is 1. The highest BCUT2D eigenvalue weighted by atomic mass is 32.2. The Morgan fingerprint density at radius 1 is 1.26 bits per heavy atom. The standard InChI is InChI=1S/C21H25N5O4S/c1-13-18(11-24(13)12-22)26-19(27)16-9-15(31(29,30)23-21(2)7-8-21)5-6-17(16)25(20(26)28)10-14-3-4-14/h5-6,9,13-14,18,23H,3-4,7-8,10-11H2,1-2H3/t13-,18+/m0/s1. The molecule has 2 aliphatic carbocycles. The zero-order valence-electron chi connectivity index (χ0n) is 17.5. The minimum absolute atomic E-state index is 0.0219. The number of nitrogens with one attached hydrogen (secondary N) is 1. The van der Waals surface area contributed by atoms with E-state index in [1.807, 2.05) is 6.92 Å². The van der Waals surface area contributed by atoms with E-state index >= 15 is 0 Å². The third-order valence-electron chi connectivity index (χ3n) is 6.87. The molecule has 1 saturated heterocycles. The van der Waals surface area contributed by atoms with E-state index in [2.05, 4.69) is 10.9 Å². The van der Waals surface area contributed by atoms with Crippen LogP contribution in [0.25, 0.3) is 10.9 Å². The van der Waals surface area contributed by atoms with Crippen LogP contribution in [-0.4, -0.2) is 40.6 Å². The second-order valence-corrected chi connectivity index (χ2v) is 11.1. The highest BCUT2D eigenvalue weighted by Gasteiger charge is 2.42. The van der Waals surface area contributed by atoms with Crippen molar-refractivity contribution in [3.63, 3.8) is 0 Å². The van der Waals surface area contributed by atoms with Gasteiger partial charge in [0.05, 0.1) is 34.4 Å². The van der Waals surface area contributed by atoms with Crippen LogP contribution in [0.1, 0.15) is 45.6 Å². The lowest BCUT2D eigenvalue weighted by molar-refractivity contribution is 0.0882. The van der Waals surface area contributed by atoms with E-state index < -0.39 is 32.9 Å². The molecule has 31 heavy (non-hydrogen) atoms. The van der Waals surface area contributed by atoms with Crippen molar-refractivity contribution in [3.8, 4) is 6.19 Å². The number of likely N-dealkylation sites (tertiary alicyclic amines) is 1. The molecule has 2 atom stereocenters. The molecule has 0 unspecified atom stereocenters. The van der Waals surface area contributed by atoms with Gasteiger partial charge in [-0.3, -0.25) is 13.9 Å². The highest BCUT2D eigenvalue weighted by Crippen LogP contribution is 2.36. The number of nitrogens with zero attached hydrogens (tertiary/aromatic N) is 4. The number of nitriles is 1. The van der Waals surface area contributed by atoms with E-state index in [0.29, 0.717) is 24.5 Å². The molecular formula is C21H25N5O4S. The molecule has 1 aromatic carbocycles. The Balaban J connectivity index is 1.67. The van der Waals surface area contributed by atoms with Crippen molar-refractivity contribution in [2.24, 2.45) is 5.92 Å². The molecule has 1 aromatic heterocycles. The van der Waals surface area contributed by atoms with Crippen LogP contribution in [0.4, 0.5) is 0 Å². The molecule has 0 spiro atoms. The molecule has 0 radical (unpaired) electrons. The average Bonchev–Trinajstić information content (AvgIpc) is 3.65. The van der Waals surface area contributed by atoms with Crippen LogP contribution in [0.15, 0.2) is 32.7 Å². The maximum Gasteiger partial charge on any atom is 0.331 e. The molecule has 1 aliphatic heterocycles. The predicted molar refractivity (Wildman–Crippen MR) is 114 cm³/mol. The fraction of sp³-hybridized carbons (Fsp3) is 0.571. The van der Waals surface area contributed by atoms with Crippen molar-refractivity contribution < 1.29 is 8.42 Å². The van der Waals surface area contributed by atoms with Gasteiger partial charge >= 0.3 is 5.69 Å². The summed E-state index contributed by atoms with van der Waals surface area (Å²) in [6.07, 6.45) is 5.69. The Morgan fingerprint density at radius 3 is 2.55 bits per heavy atom. The lowest BCUT2D eigenvalue weighted by atomic mass is 9.99.